The van der Waals surface area contributed by atoms with Gasteiger partial charge in [-0.2, -0.15) is 11.8 Å². The van der Waals surface area contributed by atoms with Crippen molar-refractivity contribution in [3.63, 3.8) is 0 Å². The van der Waals surface area contributed by atoms with Gasteiger partial charge in [0.05, 0.1) is 11.9 Å². The molecule has 0 radical (unpaired) electrons. The van der Waals surface area contributed by atoms with Gasteiger partial charge in [0.2, 0.25) is 0 Å². The smallest absolute Gasteiger partial charge is 0.126 e. The second kappa shape index (κ2) is 5.75. The van der Waals surface area contributed by atoms with Gasteiger partial charge in [-0.05, 0) is 24.8 Å². The van der Waals surface area contributed by atoms with Gasteiger partial charge in [-0.25, -0.2) is 4.98 Å². The maximum atomic E-state index is 5.54. The van der Waals surface area contributed by atoms with Crippen molar-refractivity contribution in [1.82, 2.24) is 4.98 Å². The van der Waals surface area contributed by atoms with Crippen molar-refractivity contribution in [3.05, 3.63) is 18.3 Å². The number of nitrogen functional groups attached to an aromatic ring is 1. The van der Waals surface area contributed by atoms with Crippen molar-refractivity contribution in [3.8, 4) is 0 Å². The van der Waals surface area contributed by atoms with Crippen LogP contribution in [0.4, 0.5) is 11.5 Å². The standard InChI is InChI=1S/C10H17N3S/c1-3-14-7-8(2)13-10-5-4-9(11)6-12-10/h4-6,8H,3,7,11H2,1-2H3,(H,12,13). The van der Waals surface area contributed by atoms with Crippen molar-refractivity contribution in [2.24, 2.45) is 0 Å². The molecule has 4 heteroatoms. The molecule has 14 heavy (non-hydrogen) atoms. The van der Waals surface area contributed by atoms with Gasteiger partial charge >= 0.3 is 0 Å². The summed E-state index contributed by atoms with van der Waals surface area (Å²) in [7, 11) is 0. The minimum Gasteiger partial charge on any atom is -0.397 e. The summed E-state index contributed by atoms with van der Waals surface area (Å²) in [6.45, 7) is 4.32. The van der Waals surface area contributed by atoms with E-state index in [-0.39, 0.29) is 0 Å². The highest BCUT2D eigenvalue weighted by molar-refractivity contribution is 7.99. The molecule has 0 aliphatic carbocycles. The van der Waals surface area contributed by atoms with Crippen LogP contribution in [-0.2, 0) is 0 Å². The highest BCUT2D eigenvalue weighted by Crippen LogP contribution is 2.09. The molecule has 1 rings (SSSR count). The maximum absolute atomic E-state index is 5.54. The number of pyridine rings is 1. The number of aromatic nitrogens is 1. The Balaban J connectivity index is 2.39. The summed E-state index contributed by atoms with van der Waals surface area (Å²) in [5.41, 5.74) is 6.24. The quantitative estimate of drug-likeness (QED) is 0.784. The Morgan fingerprint density at radius 3 is 2.93 bits per heavy atom. The Bertz CT molecular complexity index is 261. The van der Waals surface area contributed by atoms with E-state index in [9.17, 15) is 0 Å². The molecule has 0 fully saturated rings. The van der Waals surface area contributed by atoms with Gasteiger partial charge in [0.15, 0.2) is 0 Å². The monoisotopic (exact) mass is 211 g/mol. The van der Waals surface area contributed by atoms with Crippen molar-refractivity contribution in [2.75, 3.05) is 22.6 Å². The van der Waals surface area contributed by atoms with Crippen LogP contribution in [0, 0.1) is 0 Å². The molecule has 3 nitrogen and oxygen atoms in total. The molecule has 0 aliphatic rings. The van der Waals surface area contributed by atoms with E-state index in [0.717, 1.165) is 17.3 Å². The zero-order valence-corrected chi connectivity index (χ0v) is 9.47. The van der Waals surface area contributed by atoms with E-state index in [2.05, 4.69) is 24.1 Å². The largest absolute Gasteiger partial charge is 0.397 e. The first-order valence-electron chi connectivity index (χ1n) is 4.78. The van der Waals surface area contributed by atoms with E-state index < -0.39 is 0 Å². The summed E-state index contributed by atoms with van der Waals surface area (Å²) >= 11 is 1.92. The van der Waals surface area contributed by atoms with Gasteiger partial charge in [0, 0.05) is 11.8 Å². The number of thioether (sulfide) groups is 1. The summed E-state index contributed by atoms with van der Waals surface area (Å²) in [6, 6.07) is 4.20. The Hall–Kier alpha value is -0.900. The van der Waals surface area contributed by atoms with Crippen molar-refractivity contribution < 1.29 is 0 Å². The van der Waals surface area contributed by atoms with E-state index in [1.165, 1.54) is 0 Å². The number of anilines is 2. The second-order valence-electron chi connectivity index (χ2n) is 3.18. The number of hydrogen-bond acceptors (Lipinski definition) is 4. The van der Waals surface area contributed by atoms with E-state index in [1.54, 1.807) is 6.20 Å². The fourth-order valence-corrected chi connectivity index (χ4v) is 1.75. The first-order chi connectivity index (χ1) is 6.72. The van der Waals surface area contributed by atoms with Gasteiger partial charge in [0.25, 0.3) is 0 Å². The predicted molar refractivity (Wildman–Crippen MR) is 64.7 cm³/mol. The van der Waals surface area contributed by atoms with Crippen molar-refractivity contribution in [2.45, 2.75) is 19.9 Å². The molecule has 1 aromatic heterocycles. The molecule has 0 aromatic carbocycles. The predicted octanol–water partition coefficient (Wildman–Crippen LogP) is 2.22. The Morgan fingerprint density at radius 2 is 2.36 bits per heavy atom. The van der Waals surface area contributed by atoms with E-state index in [4.69, 9.17) is 5.73 Å². The fraction of sp³-hybridized carbons (Fsp3) is 0.500. The van der Waals surface area contributed by atoms with Gasteiger partial charge in [0.1, 0.15) is 5.82 Å². The number of rotatable bonds is 5. The van der Waals surface area contributed by atoms with Crippen LogP contribution in [0.5, 0.6) is 0 Å². The van der Waals surface area contributed by atoms with Crippen LogP contribution in [0.25, 0.3) is 0 Å². The molecule has 1 atom stereocenters. The maximum Gasteiger partial charge on any atom is 0.126 e. The lowest BCUT2D eigenvalue weighted by atomic mass is 10.3. The lowest BCUT2D eigenvalue weighted by Crippen LogP contribution is -2.18. The first kappa shape index (κ1) is 11.2. The first-order valence-corrected chi connectivity index (χ1v) is 5.93. The van der Waals surface area contributed by atoms with Crippen LogP contribution >= 0.6 is 11.8 Å². The minimum absolute atomic E-state index is 0.441. The third kappa shape index (κ3) is 3.87. The van der Waals surface area contributed by atoms with E-state index in [1.807, 2.05) is 23.9 Å². The molecular formula is C10H17N3S. The zero-order chi connectivity index (χ0) is 10.4. The zero-order valence-electron chi connectivity index (χ0n) is 8.66. The Morgan fingerprint density at radius 1 is 1.57 bits per heavy atom. The van der Waals surface area contributed by atoms with E-state index >= 15 is 0 Å². The summed E-state index contributed by atoms with van der Waals surface area (Å²) in [6.07, 6.45) is 1.67. The summed E-state index contributed by atoms with van der Waals surface area (Å²) in [5, 5.41) is 3.32. The van der Waals surface area contributed by atoms with Crippen LogP contribution in [-0.4, -0.2) is 22.5 Å². The van der Waals surface area contributed by atoms with Crippen LogP contribution in [0.1, 0.15) is 13.8 Å². The molecule has 0 spiro atoms. The molecule has 0 saturated carbocycles. The molecule has 78 valence electrons. The average Bonchev–Trinajstić information content (AvgIpc) is 2.18. The van der Waals surface area contributed by atoms with Crippen LogP contribution in [0.3, 0.4) is 0 Å². The van der Waals surface area contributed by atoms with E-state index in [0.29, 0.717) is 11.7 Å². The van der Waals surface area contributed by atoms with Gasteiger partial charge in [-0.15, -0.1) is 0 Å². The molecule has 1 heterocycles. The average molecular weight is 211 g/mol. The van der Waals surface area contributed by atoms with Crippen LogP contribution in [0.2, 0.25) is 0 Å². The normalized spacial score (nSPS) is 12.4. The minimum atomic E-state index is 0.441. The second-order valence-corrected chi connectivity index (χ2v) is 4.50. The molecule has 0 bridgehead atoms. The topological polar surface area (TPSA) is 50.9 Å². The highest BCUT2D eigenvalue weighted by atomic mass is 32.2. The molecular weight excluding hydrogens is 194 g/mol. The number of nitrogens with two attached hydrogens (primary N) is 1. The highest BCUT2D eigenvalue weighted by Gasteiger charge is 2.01. The van der Waals surface area contributed by atoms with Crippen molar-refractivity contribution in [1.29, 1.82) is 0 Å². The van der Waals surface area contributed by atoms with Crippen LogP contribution < -0.4 is 11.1 Å². The molecule has 0 aliphatic heterocycles. The molecule has 1 unspecified atom stereocenters. The third-order valence-corrected chi connectivity index (χ3v) is 2.90. The number of nitrogens with zero attached hydrogens (tertiary/aromatic N) is 1. The van der Waals surface area contributed by atoms with Crippen molar-refractivity contribution >= 4 is 23.3 Å². The summed E-state index contributed by atoms with van der Waals surface area (Å²) in [5.74, 6) is 3.15. The molecule has 0 saturated heterocycles. The molecule has 0 amide bonds. The molecule has 1 aromatic rings. The third-order valence-electron chi connectivity index (χ3n) is 1.75. The summed E-state index contributed by atoms with van der Waals surface area (Å²) < 4.78 is 0. The fourth-order valence-electron chi connectivity index (χ4n) is 1.08. The Labute approximate surface area is 89.5 Å². The summed E-state index contributed by atoms with van der Waals surface area (Å²) in [4.78, 5) is 4.18. The van der Waals surface area contributed by atoms with Crippen LogP contribution in [0.15, 0.2) is 18.3 Å². The van der Waals surface area contributed by atoms with Gasteiger partial charge < -0.3 is 11.1 Å². The Kier molecular flexibility index (Phi) is 4.59. The number of nitrogens with one attached hydrogen (secondary N) is 1. The van der Waals surface area contributed by atoms with Gasteiger partial charge in [-0.3, -0.25) is 0 Å². The SMILES string of the molecule is CCSCC(C)Nc1ccc(N)cn1. The molecule has 3 N–H and O–H groups in total. The lowest BCUT2D eigenvalue weighted by Gasteiger charge is -2.13. The lowest BCUT2D eigenvalue weighted by molar-refractivity contribution is 0.902. The number of hydrogen-bond donors (Lipinski definition) is 2. The van der Waals surface area contributed by atoms with Gasteiger partial charge in [-0.1, -0.05) is 6.92 Å².